The van der Waals surface area contributed by atoms with Crippen LogP contribution in [0.3, 0.4) is 0 Å². The molecule has 0 N–H and O–H groups in total. The lowest BCUT2D eigenvalue weighted by molar-refractivity contribution is -0.384. The van der Waals surface area contributed by atoms with Crippen LogP contribution in [0.15, 0.2) is 91.0 Å². The molecular weight excluding hydrogens is 488 g/mol. The van der Waals surface area contributed by atoms with Crippen LogP contribution in [0, 0.1) is 22.0 Å². The lowest BCUT2D eigenvalue weighted by Gasteiger charge is -2.19. The highest BCUT2D eigenvalue weighted by Crippen LogP contribution is 2.38. The second-order valence-corrected chi connectivity index (χ2v) is 9.08. The van der Waals surface area contributed by atoms with Gasteiger partial charge in [-0.1, -0.05) is 48.6 Å². The minimum Gasteiger partial charge on any atom is -0.445 e. The molecule has 5 rings (SSSR count). The molecule has 0 radical (unpaired) electrons. The molecule has 1 saturated heterocycles. The summed E-state index contributed by atoms with van der Waals surface area (Å²) in [6, 6.07) is 19.4. The molecule has 3 aromatic rings. The number of Topliss-reactive ketones (excluding diaryl/α,β-unsaturated/α-hetero) is 1. The average molecular weight is 511 g/mol. The van der Waals surface area contributed by atoms with Gasteiger partial charge in [-0.05, 0) is 43.2 Å². The van der Waals surface area contributed by atoms with Crippen molar-refractivity contribution >= 4 is 34.9 Å². The molecule has 38 heavy (non-hydrogen) atoms. The van der Waals surface area contributed by atoms with Crippen LogP contribution in [0.4, 0.5) is 11.4 Å². The number of rotatable bonds is 7. The molecule has 2 aliphatic rings. The Labute approximate surface area is 217 Å². The third-order valence-electron chi connectivity index (χ3n) is 6.78. The van der Waals surface area contributed by atoms with Crippen molar-refractivity contribution < 1.29 is 28.8 Å². The van der Waals surface area contributed by atoms with Gasteiger partial charge in [0.1, 0.15) is 0 Å². The van der Waals surface area contributed by atoms with E-state index >= 15 is 0 Å². The summed E-state index contributed by atoms with van der Waals surface area (Å²) in [5, 5.41) is 11.1. The van der Waals surface area contributed by atoms with Crippen LogP contribution in [-0.2, 0) is 14.3 Å². The summed E-state index contributed by atoms with van der Waals surface area (Å²) in [5.74, 6) is -2.81. The number of hydrogen-bond acceptors (Lipinski definition) is 7. The molecule has 0 bridgehead atoms. The zero-order valence-electron chi connectivity index (χ0n) is 20.1. The van der Waals surface area contributed by atoms with Crippen molar-refractivity contribution in [3.8, 4) is 0 Å². The van der Waals surface area contributed by atoms with E-state index in [1.807, 2.05) is 12.2 Å². The smallest absolute Gasteiger partial charge is 0.339 e. The van der Waals surface area contributed by atoms with E-state index in [4.69, 9.17) is 4.74 Å². The zero-order valence-corrected chi connectivity index (χ0v) is 20.1. The predicted molar refractivity (Wildman–Crippen MR) is 136 cm³/mol. The summed E-state index contributed by atoms with van der Waals surface area (Å²) in [6.45, 7) is 0. The lowest BCUT2D eigenvalue weighted by Crippen LogP contribution is -2.31. The van der Waals surface area contributed by atoms with E-state index in [0.717, 1.165) is 4.90 Å². The minimum atomic E-state index is -1.38. The van der Waals surface area contributed by atoms with Crippen molar-refractivity contribution in [2.45, 2.75) is 18.9 Å². The predicted octanol–water partition coefficient (Wildman–Crippen LogP) is 4.83. The van der Waals surface area contributed by atoms with Gasteiger partial charge in [-0.25, -0.2) is 4.79 Å². The van der Waals surface area contributed by atoms with Crippen molar-refractivity contribution in [3.63, 3.8) is 0 Å². The number of allylic oxidation sites excluding steroid dienone is 2. The van der Waals surface area contributed by atoms with E-state index in [9.17, 15) is 29.3 Å². The number of benzene rings is 3. The van der Waals surface area contributed by atoms with Gasteiger partial charge in [0.25, 0.3) is 5.69 Å². The normalized spacial score (nSPS) is 19.1. The summed E-state index contributed by atoms with van der Waals surface area (Å²) in [7, 11) is 0. The fourth-order valence-electron chi connectivity index (χ4n) is 4.80. The van der Waals surface area contributed by atoms with Gasteiger partial charge in [-0.15, -0.1) is 0 Å². The molecule has 3 aromatic carbocycles. The highest BCUT2D eigenvalue weighted by Gasteiger charge is 2.48. The van der Waals surface area contributed by atoms with Gasteiger partial charge >= 0.3 is 5.97 Å². The first kappa shape index (κ1) is 24.8. The number of nitro groups is 1. The highest BCUT2D eigenvalue weighted by atomic mass is 16.6. The molecule has 0 unspecified atom stereocenters. The zero-order chi connectivity index (χ0) is 26.8. The van der Waals surface area contributed by atoms with Crippen LogP contribution >= 0.6 is 0 Å². The molecule has 1 aliphatic heterocycles. The van der Waals surface area contributed by atoms with E-state index in [2.05, 4.69) is 0 Å². The van der Waals surface area contributed by atoms with Crippen molar-refractivity contribution in [2.75, 3.05) is 4.90 Å². The SMILES string of the molecule is O=C(O[C@H](C(=O)c1ccccc1)c1ccc([N+](=O)[O-])cc1)c1cccc(N2C(=O)[C@H]3CC=CC[C@@H]3C2=O)c1. The molecule has 2 amide bonds. The van der Waals surface area contributed by atoms with E-state index in [1.54, 1.807) is 36.4 Å². The Kier molecular flexibility index (Phi) is 6.66. The Bertz CT molecular complexity index is 1440. The number of non-ortho nitro benzene ring substituents is 1. The van der Waals surface area contributed by atoms with E-state index in [-0.39, 0.29) is 34.3 Å². The van der Waals surface area contributed by atoms with Gasteiger partial charge < -0.3 is 4.74 Å². The number of imide groups is 1. The number of ether oxygens (including phenoxy) is 1. The highest BCUT2D eigenvalue weighted by molar-refractivity contribution is 6.22. The first-order chi connectivity index (χ1) is 18.3. The number of ketones is 1. The fourth-order valence-corrected chi connectivity index (χ4v) is 4.80. The summed E-state index contributed by atoms with van der Waals surface area (Å²) < 4.78 is 5.65. The molecule has 0 aromatic heterocycles. The van der Waals surface area contributed by atoms with Gasteiger partial charge in [-0.2, -0.15) is 0 Å². The van der Waals surface area contributed by atoms with Crippen LogP contribution in [0.25, 0.3) is 0 Å². The summed E-state index contributed by atoms with van der Waals surface area (Å²) in [4.78, 5) is 64.1. The first-order valence-electron chi connectivity index (χ1n) is 12.0. The minimum absolute atomic E-state index is 0.0453. The number of amides is 2. The lowest BCUT2D eigenvalue weighted by atomic mass is 9.85. The fraction of sp³-hybridized carbons (Fsp3) is 0.172. The van der Waals surface area contributed by atoms with Gasteiger partial charge in [0.05, 0.1) is 28.0 Å². The molecular formula is C29H22N2O7. The molecule has 3 atom stereocenters. The van der Waals surface area contributed by atoms with Crippen molar-refractivity contribution in [1.29, 1.82) is 0 Å². The molecule has 1 fully saturated rings. The molecule has 9 heteroatoms. The van der Waals surface area contributed by atoms with Crippen molar-refractivity contribution in [2.24, 2.45) is 11.8 Å². The number of anilines is 1. The van der Waals surface area contributed by atoms with Crippen molar-refractivity contribution in [1.82, 2.24) is 0 Å². The van der Waals surface area contributed by atoms with Gasteiger partial charge in [0.15, 0.2) is 6.10 Å². The molecule has 1 aliphatic carbocycles. The van der Waals surface area contributed by atoms with E-state index < -0.39 is 34.6 Å². The number of hydrogen-bond donors (Lipinski definition) is 0. The standard InChI is InChI=1S/C29H22N2O7/c32-25(18-7-2-1-3-8-18)26(19-13-15-21(16-14-19)31(36)37)38-29(35)20-9-6-10-22(17-20)30-27(33)23-11-4-5-12-24(23)28(30)34/h1-10,13-17,23-24,26H,11-12H2/t23-,24-,26-/m0/s1. The van der Waals surface area contributed by atoms with Crippen LogP contribution in [0.1, 0.15) is 45.2 Å². The van der Waals surface area contributed by atoms with Crippen LogP contribution < -0.4 is 4.90 Å². The Hall–Kier alpha value is -4.92. The number of carbonyl (C=O) groups is 4. The summed E-state index contributed by atoms with van der Waals surface area (Å²) in [5.41, 5.74) is 0.681. The summed E-state index contributed by atoms with van der Waals surface area (Å²) >= 11 is 0. The molecule has 1 heterocycles. The molecule has 190 valence electrons. The molecule has 0 spiro atoms. The Morgan fingerprint density at radius 2 is 1.45 bits per heavy atom. The number of carbonyl (C=O) groups excluding carboxylic acids is 4. The van der Waals surface area contributed by atoms with Gasteiger partial charge in [0.2, 0.25) is 17.6 Å². The Morgan fingerprint density at radius 1 is 0.842 bits per heavy atom. The maximum Gasteiger partial charge on any atom is 0.339 e. The third-order valence-corrected chi connectivity index (χ3v) is 6.78. The third kappa shape index (κ3) is 4.61. The Morgan fingerprint density at radius 3 is 2.05 bits per heavy atom. The topological polar surface area (TPSA) is 124 Å². The average Bonchev–Trinajstić information content (AvgIpc) is 3.21. The van der Waals surface area contributed by atoms with Crippen LogP contribution in [0.2, 0.25) is 0 Å². The van der Waals surface area contributed by atoms with E-state index in [0.29, 0.717) is 18.4 Å². The Balaban J connectivity index is 1.43. The number of nitro benzene ring substituents is 1. The van der Waals surface area contributed by atoms with Gasteiger partial charge in [0, 0.05) is 23.3 Å². The maximum atomic E-state index is 13.3. The van der Waals surface area contributed by atoms with Crippen LogP contribution in [-0.4, -0.2) is 28.5 Å². The first-order valence-corrected chi connectivity index (χ1v) is 12.0. The molecule has 9 nitrogen and oxygen atoms in total. The van der Waals surface area contributed by atoms with Crippen LogP contribution in [0.5, 0.6) is 0 Å². The largest absolute Gasteiger partial charge is 0.445 e. The second-order valence-electron chi connectivity index (χ2n) is 9.08. The second kappa shape index (κ2) is 10.2. The maximum absolute atomic E-state index is 13.3. The number of nitrogens with zero attached hydrogens (tertiary/aromatic N) is 2. The molecule has 0 saturated carbocycles. The summed E-state index contributed by atoms with van der Waals surface area (Å²) in [6.07, 6.45) is 3.40. The van der Waals surface area contributed by atoms with Gasteiger partial charge in [-0.3, -0.25) is 29.4 Å². The number of esters is 1. The van der Waals surface area contributed by atoms with Crippen molar-refractivity contribution in [3.05, 3.63) is 118 Å². The quantitative estimate of drug-likeness (QED) is 0.111. The number of fused-ring (bicyclic) bond motifs is 1. The van der Waals surface area contributed by atoms with E-state index in [1.165, 1.54) is 42.5 Å². The monoisotopic (exact) mass is 510 g/mol.